The first kappa shape index (κ1) is 18.8. The first-order chi connectivity index (χ1) is 13.0. The number of aryl methyl sites for hydroxylation is 3. The maximum Gasteiger partial charge on any atom is 0.290 e. The summed E-state index contributed by atoms with van der Waals surface area (Å²) in [7, 11) is 0. The highest BCUT2D eigenvalue weighted by atomic mass is 19.1. The Bertz CT molecular complexity index is 914. The predicted molar refractivity (Wildman–Crippen MR) is 99.8 cm³/mol. The molecule has 0 radical (unpaired) electrons. The number of rotatable bonds is 7. The summed E-state index contributed by atoms with van der Waals surface area (Å²) in [5.74, 6) is -0.385. The van der Waals surface area contributed by atoms with Crippen molar-refractivity contribution in [2.75, 3.05) is 0 Å². The zero-order valence-corrected chi connectivity index (χ0v) is 15.7. The van der Waals surface area contributed by atoms with Crippen LogP contribution >= 0.6 is 0 Å². The minimum absolute atomic E-state index is 0.0549. The molecule has 0 aliphatic rings. The van der Waals surface area contributed by atoms with Gasteiger partial charge in [0.15, 0.2) is 0 Å². The van der Waals surface area contributed by atoms with Gasteiger partial charge in [-0.1, -0.05) is 17.3 Å². The van der Waals surface area contributed by atoms with E-state index < -0.39 is 0 Å². The van der Waals surface area contributed by atoms with Gasteiger partial charge in [-0.3, -0.25) is 9.48 Å². The van der Waals surface area contributed by atoms with Crippen LogP contribution in [0.5, 0.6) is 0 Å². The largest absolute Gasteiger partial charge is 0.350 e. The van der Waals surface area contributed by atoms with Crippen LogP contribution in [0.25, 0.3) is 11.3 Å². The highest BCUT2D eigenvalue weighted by molar-refractivity contribution is 5.92. The first-order valence-corrected chi connectivity index (χ1v) is 9.02. The number of hydrogen-bond acceptors (Lipinski definition) is 4. The van der Waals surface area contributed by atoms with Crippen LogP contribution in [0.4, 0.5) is 4.39 Å². The van der Waals surface area contributed by atoms with Gasteiger partial charge in [0.1, 0.15) is 11.5 Å². The minimum atomic E-state index is -0.305. The second-order valence-electron chi connectivity index (χ2n) is 6.60. The molecular formula is C20H23FN4O2. The summed E-state index contributed by atoms with van der Waals surface area (Å²) in [6.07, 6.45) is 3.37. The summed E-state index contributed by atoms with van der Waals surface area (Å²) >= 11 is 0. The molecule has 0 saturated carbocycles. The Morgan fingerprint density at radius 3 is 2.74 bits per heavy atom. The Morgan fingerprint density at radius 2 is 2.07 bits per heavy atom. The van der Waals surface area contributed by atoms with Crippen molar-refractivity contribution in [3.05, 3.63) is 59.4 Å². The lowest BCUT2D eigenvalue weighted by Crippen LogP contribution is -2.32. The first-order valence-electron chi connectivity index (χ1n) is 9.02. The molecule has 7 heteroatoms. The number of benzene rings is 1. The summed E-state index contributed by atoms with van der Waals surface area (Å²) in [6.45, 7) is 6.59. The van der Waals surface area contributed by atoms with Crippen LogP contribution in [-0.4, -0.2) is 26.9 Å². The second kappa shape index (κ2) is 8.16. The van der Waals surface area contributed by atoms with Crippen LogP contribution in [0.1, 0.15) is 42.1 Å². The van der Waals surface area contributed by atoms with Crippen LogP contribution in [0.15, 0.2) is 41.1 Å². The SMILES string of the molecule is CCn1cc(-c2cc(C(=O)N[C@@H](C)CCc3ccc(F)cc3)on2)c(C)n1. The molecule has 0 aliphatic carbocycles. The Labute approximate surface area is 157 Å². The van der Waals surface area contributed by atoms with Crippen LogP contribution < -0.4 is 5.32 Å². The lowest BCUT2D eigenvalue weighted by molar-refractivity contribution is 0.0901. The van der Waals surface area contributed by atoms with Gasteiger partial charge in [0.25, 0.3) is 5.91 Å². The predicted octanol–water partition coefficient (Wildman–Crippen LogP) is 3.76. The van der Waals surface area contributed by atoms with E-state index in [1.165, 1.54) is 12.1 Å². The van der Waals surface area contributed by atoms with Gasteiger partial charge >= 0.3 is 0 Å². The third kappa shape index (κ3) is 4.61. The van der Waals surface area contributed by atoms with Crippen LogP contribution in [0.2, 0.25) is 0 Å². The third-order valence-electron chi connectivity index (χ3n) is 4.44. The molecule has 0 bridgehead atoms. The van der Waals surface area contributed by atoms with E-state index in [1.54, 1.807) is 18.2 Å². The minimum Gasteiger partial charge on any atom is -0.350 e. The summed E-state index contributed by atoms with van der Waals surface area (Å²) < 4.78 is 20.0. The maximum atomic E-state index is 12.9. The molecule has 6 nitrogen and oxygen atoms in total. The molecule has 3 aromatic rings. The Kier molecular flexibility index (Phi) is 5.69. The van der Waals surface area contributed by atoms with Crippen LogP contribution in [0.3, 0.4) is 0 Å². The number of carbonyl (C=O) groups is 1. The molecule has 0 fully saturated rings. The van der Waals surface area contributed by atoms with Gasteiger partial charge in [-0.2, -0.15) is 5.10 Å². The molecule has 3 rings (SSSR count). The number of aromatic nitrogens is 3. The molecule has 1 amide bonds. The van der Waals surface area contributed by atoms with Crippen molar-refractivity contribution in [1.82, 2.24) is 20.3 Å². The number of nitrogens with zero attached hydrogens (tertiary/aromatic N) is 3. The molecule has 0 aliphatic heterocycles. The van der Waals surface area contributed by atoms with Crippen molar-refractivity contribution in [3.63, 3.8) is 0 Å². The van der Waals surface area contributed by atoms with Gasteiger partial charge in [-0.05, 0) is 51.3 Å². The quantitative estimate of drug-likeness (QED) is 0.687. The molecular weight excluding hydrogens is 347 g/mol. The maximum absolute atomic E-state index is 12.9. The lowest BCUT2D eigenvalue weighted by atomic mass is 10.1. The molecule has 2 heterocycles. The highest BCUT2D eigenvalue weighted by Crippen LogP contribution is 2.22. The number of carbonyl (C=O) groups excluding carboxylic acids is 1. The zero-order valence-electron chi connectivity index (χ0n) is 15.7. The zero-order chi connectivity index (χ0) is 19.4. The summed E-state index contributed by atoms with van der Waals surface area (Å²) in [5.41, 5.74) is 3.31. The van der Waals surface area contributed by atoms with Crippen molar-refractivity contribution >= 4 is 5.91 Å². The molecule has 1 aromatic carbocycles. The molecule has 1 atom stereocenters. The van der Waals surface area contributed by atoms with Gasteiger partial charge in [0, 0.05) is 30.4 Å². The Hall–Kier alpha value is -2.96. The van der Waals surface area contributed by atoms with Crippen molar-refractivity contribution in [2.45, 2.75) is 46.2 Å². The summed E-state index contributed by atoms with van der Waals surface area (Å²) in [6, 6.07) is 7.97. The Balaban J connectivity index is 1.58. The van der Waals surface area contributed by atoms with E-state index in [9.17, 15) is 9.18 Å². The second-order valence-corrected chi connectivity index (χ2v) is 6.60. The summed E-state index contributed by atoms with van der Waals surface area (Å²) in [5, 5.41) is 11.3. The third-order valence-corrected chi connectivity index (χ3v) is 4.44. The average molecular weight is 370 g/mol. The smallest absolute Gasteiger partial charge is 0.290 e. The van der Waals surface area contributed by atoms with E-state index in [4.69, 9.17) is 4.52 Å². The molecule has 2 aromatic heterocycles. The lowest BCUT2D eigenvalue weighted by Gasteiger charge is -2.12. The molecule has 0 saturated heterocycles. The van der Waals surface area contributed by atoms with Gasteiger partial charge in [-0.15, -0.1) is 0 Å². The van der Waals surface area contributed by atoms with Crippen LogP contribution in [-0.2, 0) is 13.0 Å². The monoisotopic (exact) mass is 370 g/mol. The fraction of sp³-hybridized carbons (Fsp3) is 0.350. The fourth-order valence-electron chi connectivity index (χ4n) is 2.84. The van der Waals surface area contributed by atoms with Gasteiger partial charge in [-0.25, -0.2) is 4.39 Å². The van der Waals surface area contributed by atoms with Crippen LogP contribution in [0, 0.1) is 12.7 Å². The van der Waals surface area contributed by atoms with Gasteiger partial charge in [0.2, 0.25) is 5.76 Å². The van der Waals surface area contributed by atoms with E-state index in [0.29, 0.717) is 5.69 Å². The van der Waals surface area contributed by atoms with Crippen molar-refractivity contribution in [1.29, 1.82) is 0 Å². The molecule has 0 spiro atoms. The van der Waals surface area contributed by atoms with Gasteiger partial charge < -0.3 is 9.84 Å². The fourth-order valence-corrected chi connectivity index (χ4v) is 2.84. The van der Waals surface area contributed by atoms with Crippen molar-refractivity contribution in [2.24, 2.45) is 0 Å². The van der Waals surface area contributed by atoms with Gasteiger partial charge in [0.05, 0.1) is 5.69 Å². The molecule has 142 valence electrons. The van der Waals surface area contributed by atoms with Crippen molar-refractivity contribution < 1.29 is 13.7 Å². The average Bonchev–Trinajstić information content (AvgIpc) is 3.27. The van der Waals surface area contributed by atoms with E-state index in [2.05, 4.69) is 15.6 Å². The molecule has 27 heavy (non-hydrogen) atoms. The topological polar surface area (TPSA) is 73.0 Å². The molecule has 0 unspecified atom stereocenters. The standard InChI is InChI=1S/C20H23FN4O2/c1-4-25-12-17(14(3)23-25)18-11-19(27-24-18)20(26)22-13(2)5-6-15-7-9-16(21)10-8-15/h7-13H,4-6H2,1-3H3,(H,22,26)/t13-/m0/s1. The van der Waals surface area contributed by atoms with Crippen molar-refractivity contribution in [3.8, 4) is 11.3 Å². The highest BCUT2D eigenvalue weighted by Gasteiger charge is 2.18. The Morgan fingerprint density at radius 1 is 1.33 bits per heavy atom. The number of halogens is 1. The normalized spacial score (nSPS) is 12.1. The van der Waals surface area contributed by atoms with E-state index in [0.717, 1.165) is 36.2 Å². The van der Waals surface area contributed by atoms with E-state index >= 15 is 0 Å². The van der Waals surface area contributed by atoms with E-state index in [1.807, 2.05) is 31.6 Å². The van der Waals surface area contributed by atoms with E-state index in [-0.39, 0.29) is 23.5 Å². The number of hydrogen-bond donors (Lipinski definition) is 1. The summed E-state index contributed by atoms with van der Waals surface area (Å²) in [4.78, 5) is 12.4. The molecule has 1 N–H and O–H groups in total. The number of nitrogens with one attached hydrogen (secondary N) is 1. The number of amides is 1.